The number of hydrogen-bond acceptors (Lipinski definition) is 8. The highest BCUT2D eigenvalue weighted by Crippen LogP contribution is 2.36. The third-order valence-corrected chi connectivity index (χ3v) is 6.85. The second kappa shape index (κ2) is 12.9. The quantitative estimate of drug-likeness (QED) is 0.262. The minimum atomic E-state index is -1.04. The van der Waals surface area contributed by atoms with E-state index < -0.39 is 35.6 Å². The molecule has 4 amide bonds. The molecule has 2 heterocycles. The summed E-state index contributed by atoms with van der Waals surface area (Å²) in [5.74, 6) is -2.69. The van der Waals surface area contributed by atoms with Gasteiger partial charge in [0, 0.05) is 37.4 Å². The molecule has 3 aromatic rings. The standard InChI is InChI=1S/C30H27F2N3O8/c1-40-12-13-41-27-18(3-2-17-15-35(29(38)26(17)27)24-10-11-25(36)34-28(24)37)16-42-30(39)33-19-4-6-20(7-5-19)43-21-8-9-22(31)23(32)14-21/h2-9,14,24H,10-13,15-16H2,1H3,(H,33,39)(H,34,36,37). The number of fused-ring (bicyclic) bond motifs is 1. The van der Waals surface area contributed by atoms with Gasteiger partial charge in [-0.2, -0.15) is 0 Å². The van der Waals surface area contributed by atoms with Crippen molar-refractivity contribution in [2.24, 2.45) is 0 Å². The summed E-state index contributed by atoms with van der Waals surface area (Å²) in [5.41, 5.74) is 1.71. The van der Waals surface area contributed by atoms with Crippen LogP contribution in [0.25, 0.3) is 0 Å². The first-order valence-corrected chi connectivity index (χ1v) is 13.3. The molecule has 2 aliphatic heterocycles. The number of rotatable bonds is 10. The number of halogens is 2. The van der Waals surface area contributed by atoms with Gasteiger partial charge in [-0.15, -0.1) is 0 Å². The number of carbonyl (C=O) groups is 4. The molecule has 43 heavy (non-hydrogen) atoms. The van der Waals surface area contributed by atoms with E-state index >= 15 is 0 Å². The van der Waals surface area contributed by atoms with Gasteiger partial charge in [0.1, 0.15) is 36.5 Å². The van der Waals surface area contributed by atoms with Crippen LogP contribution in [0.2, 0.25) is 0 Å². The van der Waals surface area contributed by atoms with Crippen LogP contribution in [0, 0.1) is 11.6 Å². The van der Waals surface area contributed by atoms with Crippen LogP contribution in [0.3, 0.4) is 0 Å². The number of anilines is 1. The molecular weight excluding hydrogens is 568 g/mol. The molecule has 1 fully saturated rings. The average Bonchev–Trinajstić information content (AvgIpc) is 3.31. The fourth-order valence-electron chi connectivity index (χ4n) is 4.75. The lowest BCUT2D eigenvalue weighted by Gasteiger charge is -2.29. The van der Waals surface area contributed by atoms with Crippen molar-refractivity contribution in [3.63, 3.8) is 0 Å². The molecule has 3 aromatic carbocycles. The summed E-state index contributed by atoms with van der Waals surface area (Å²) >= 11 is 0. The van der Waals surface area contributed by atoms with Gasteiger partial charge in [0.25, 0.3) is 5.91 Å². The number of nitrogens with one attached hydrogen (secondary N) is 2. The Hall–Kier alpha value is -5.04. The number of imide groups is 1. The van der Waals surface area contributed by atoms with Gasteiger partial charge >= 0.3 is 6.09 Å². The molecule has 2 N–H and O–H groups in total. The number of piperidine rings is 1. The summed E-state index contributed by atoms with van der Waals surface area (Å²) < 4.78 is 48.4. The Morgan fingerprint density at radius 3 is 2.49 bits per heavy atom. The topological polar surface area (TPSA) is 132 Å². The molecule has 0 saturated carbocycles. The van der Waals surface area contributed by atoms with Crippen molar-refractivity contribution in [1.82, 2.24) is 10.2 Å². The van der Waals surface area contributed by atoms with E-state index in [4.69, 9.17) is 18.9 Å². The van der Waals surface area contributed by atoms with Gasteiger partial charge in [-0.05, 0) is 48.4 Å². The summed E-state index contributed by atoms with van der Waals surface area (Å²) in [6, 6.07) is 11.9. The van der Waals surface area contributed by atoms with Crippen LogP contribution >= 0.6 is 0 Å². The Morgan fingerprint density at radius 2 is 1.77 bits per heavy atom. The van der Waals surface area contributed by atoms with Gasteiger partial charge in [-0.3, -0.25) is 25.0 Å². The predicted molar refractivity (Wildman–Crippen MR) is 147 cm³/mol. The Morgan fingerprint density at radius 1 is 1.00 bits per heavy atom. The lowest BCUT2D eigenvalue weighted by molar-refractivity contribution is -0.136. The molecule has 0 spiro atoms. The minimum absolute atomic E-state index is 0.107. The molecule has 11 nitrogen and oxygen atoms in total. The maximum atomic E-state index is 13.5. The average molecular weight is 596 g/mol. The van der Waals surface area contributed by atoms with Crippen molar-refractivity contribution in [3.8, 4) is 17.2 Å². The molecule has 1 unspecified atom stereocenters. The van der Waals surface area contributed by atoms with Gasteiger partial charge in [0.15, 0.2) is 11.6 Å². The van der Waals surface area contributed by atoms with Gasteiger partial charge in [-0.25, -0.2) is 13.6 Å². The number of nitrogens with zero attached hydrogens (tertiary/aromatic N) is 1. The fourth-order valence-corrected chi connectivity index (χ4v) is 4.75. The number of methoxy groups -OCH3 is 1. The van der Waals surface area contributed by atoms with Gasteiger partial charge in [0.05, 0.1) is 12.2 Å². The smallest absolute Gasteiger partial charge is 0.411 e. The number of benzene rings is 3. The molecule has 2 aliphatic rings. The van der Waals surface area contributed by atoms with Crippen LogP contribution in [-0.4, -0.2) is 55.1 Å². The molecule has 1 saturated heterocycles. The van der Waals surface area contributed by atoms with Crippen molar-refractivity contribution in [2.75, 3.05) is 25.6 Å². The van der Waals surface area contributed by atoms with E-state index in [0.29, 0.717) is 22.6 Å². The zero-order chi connectivity index (χ0) is 30.5. The molecule has 0 radical (unpaired) electrons. The maximum Gasteiger partial charge on any atom is 0.411 e. The summed E-state index contributed by atoms with van der Waals surface area (Å²) in [4.78, 5) is 51.5. The van der Waals surface area contributed by atoms with E-state index in [9.17, 15) is 28.0 Å². The van der Waals surface area contributed by atoms with Crippen LogP contribution in [0.4, 0.5) is 19.3 Å². The lowest BCUT2D eigenvalue weighted by Crippen LogP contribution is -2.52. The van der Waals surface area contributed by atoms with Crippen LogP contribution in [0.15, 0.2) is 54.6 Å². The number of amides is 4. The molecule has 0 bridgehead atoms. The van der Waals surface area contributed by atoms with E-state index in [-0.39, 0.29) is 62.2 Å². The third-order valence-electron chi connectivity index (χ3n) is 6.85. The maximum absolute atomic E-state index is 13.5. The molecule has 13 heteroatoms. The first-order valence-electron chi connectivity index (χ1n) is 13.3. The molecule has 1 atom stereocenters. The van der Waals surface area contributed by atoms with Crippen LogP contribution in [0.5, 0.6) is 17.2 Å². The summed E-state index contributed by atoms with van der Waals surface area (Å²) in [6.07, 6.45) is -0.432. The molecule has 0 aliphatic carbocycles. The monoisotopic (exact) mass is 595 g/mol. The highest BCUT2D eigenvalue weighted by Gasteiger charge is 2.41. The van der Waals surface area contributed by atoms with E-state index in [2.05, 4.69) is 10.6 Å². The van der Waals surface area contributed by atoms with Gasteiger partial charge in [0.2, 0.25) is 11.8 Å². The Balaban J connectivity index is 1.24. The predicted octanol–water partition coefficient (Wildman–Crippen LogP) is 4.29. The number of carbonyl (C=O) groups excluding carboxylic acids is 4. The van der Waals surface area contributed by atoms with E-state index in [1.54, 1.807) is 12.1 Å². The third kappa shape index (κ3) is 6.72. The Bertz CT molecular complexity index is 1560. The zero-order valence-corrected chi connectivity index (χ0v) is 23.0. The van der Waals surface area contributed by atoms with Crippen LogP contribution < -0.4 is 20.1 Å². The lowest BCUT2D eigenvalue weighted by atomic mass is 10.0. The minimum Gasteiger partial charge on any atom is -0.490 e. The highest BCUT2D eigenvalue weighted by molar-refractivity contribution is 6.06. The summed E-state index contributed by atoms with van der Waals surface area (Å²) in [6.45, 7) is 0.297. The Labute approximate surface area is 244 Å². The number of ether oxygens (including phenoxy) is 4. The Kier molecular flexibility index (Phi) is 8.81. The second-order valence-electron chi connectivity index (χ2n) is 9.73. The van der Waals surface area contributed by atoms with Crippen molar-refractivity contribution >= 4 is 29.5 Å². The van der Waals surface area contributed by atoms with E-state index in [1.165, 1.54) is 42.3 Å². The van der Waals surface area contributed by atoms with Crippen molar-refractivity contribution in [2.45, 2.75) is 32.0 Å². The number of hydrogen-bond donors (Lipinski definition) is 2. The SMILES string of the molecule is COCCOc1c(COC(=O)Nc2ccc(Oc3ccc(F)c(F)c3)cc2)ccc2c1C(=O)N(C1CCC(=O)NC1=O)C2. The highest BCUT2D eigenvalue weighted by atomic mass is 19.2. The largest absolute Gasteiger partial charge is 0.490 e. The molecule has 224 valence electrons. The first kappa shape index (κ1) is 29.5. The molecular formula is C30H27F2N3O8. The van der Waals surface area contributed by atoms with E-state index in [0.717, 1.165) is 12.1 Å². The normalized spacial score (nSPS) is 16.0. The molecule has 0 aromatic heterocycles. The zero-order valence-electron chi connectivity index (χ0n) is 23.0. The van der Waals surface area contributed by atoms with Crippen LogP contribution in [-0.2, 0) is 32.2 Å². The fraction of sp³-hybridized carbons (Fsp3) is 0.267. The van der Waals surface area contributed by atoms with Crippen molar-refractivity contribution in [1.29, 1.82) is 0 Å². The van der Waals surface area contributed by atoms with Crippen molar-refractivity contribution < 1.29 is 46.9 Å². The van der Waals surface area contributed by atoms with Gasteiger partial charge in [-0.1, -0.05) is 12.1 Å². The summed E-state index contributed by atoms with van der Waals surface area (Å²) in [7, 11) is 1.50. The first-order chi connectivity index (χ1) is 20.7. The van der Waals surface area contributed by atoms with Crippen LogP contribution in [0.1, 0.15) is 34.3 Å². The second-order valence-corrected chi connectivity index (χ2v) is 9.73. The van der Waals surface area contributed by atoms with Gasteiger partial charge < -0.3 is 23.8 Å². The van der Waals surface area contributed by atoms with Crippen molar-refractivity contribution in [3.05, 3.63) is 82.9 Å². The molecule has 5 rings (SSSR count). The summed E-state index contributed by atoms with van der Waals surface area (Å²) in [5, 5.41) is 4.85. The van der Waals surface area contributed by atoms with E-state index in [1.807, 2.05) is 0 Å².